The number of guanidine groups is 1. The molecule has 1 aliphatic heterocycles. The lowest BCUT2D eigenvalue weighted by Gasteiger charge is -2.32. The van der Waals surface area contributed by atoms with Gasteiger partial charge in [0.1, 0.15) is 0 Å². The zero-order valence-electron chi connectivity index (χ0n) is 15.1. The highest BCUT2D eigenvalue weighted by Gasteiger charge is 2.50. The molecule has 2 heterocycles. The lowest BCUT2D eigenvalue weighted by molar-refractivity contribution is -0.0494. The number of nitrogens with one attached hydrogen (secondary N) is 2. The van der Waals surface area contributed by atoms with Crippen molar-refractivity contribution in [3.63, 3.8) is 0 Å². The Morgan fingerprint density at radius 3 is 2.37 bits per heavy atom. The quantitative estimate of drug-likeness (QED) is 0.348. The molecule has 0 aliphatic carbocycles. The molecular weight excluding hydrogens is 518 g/mol. The summed E-state index contributed by atoms with van der Waals surface area (Å²) in [5, 5.41) is 7.26. The first-order valence-corrected chi connectivity index (χ1v) is 10.3. The number of aromatic nitrogens is 1. The maximum Gasteiger partial charge on any atom is 0.511 e. The molecule has 0 bridgehead atoms. The molecule has 0 radical (unpaired) electrons. The molecule has 2 rings (SSSR count). The summed E-state index contributed by atoms with van der Waals surface area (Å²) in [6.45, 7) is 4.04. The normalized spacial score (nSPS) is 17.5. The molecule has 0 aromatic carbocycles. The van der Waals surface area contributed by atoms with Crippen LogP contribution >= 0.6 is 35.3 Å². The number of aryl methyl sites for hydroxylation is 2. The van der Waals surface area contributed by atoms with Crippen LogP contribution in [0.25, 0.3) is 0 Å². The van der Waals surface area contributed by atoms with Gasteiger partial charge in [0, 0.05) is 31.1 Å². The van der Waals surface area contributed by atoms with Gasteiger partial charge in [0.15, 0.2) is 5.96 Å². The number of hydrogen-bond acceptors (Lipinski definition) is 5. The summed E-state index contributed by atoms with van der Waals surface area (Å²) in [6, 6.07) is -0.148. The van der Waals surface area contributed by atoms with E-state index in [1.807, 2.05) is 13.8 Å². The molecule has 1 aromatic rings. The van der Waals surface area contributed by atoms with Crippen LogP contribution in [0.2, 0.25) is 0 Å². The topological polar surface area (TPSA) is 86.7 Å². The van der Waals surface area contributed by atoms with Crippen molar-refractivity contribution in [1.82, 2.24) is 19.9 Å². The Kier molecular flexibility index (Phi) is 8.75. The number of alkyl halides is 3. The highest BCUT2D eigenvalue weighted by Crippen LogP contribution is 2.28. The molecule has 1 aromatic heterocycles. The minimum Gasteiger partial charge on any atom is -0.354 e. The predicted molar refractivity (Wildman–Crippen MR) is 110 cm³/mol. The van der Waals surface area contributed by atoms with Crippen molar-refractivity contribution < 1.29 is 21.6 Å². The minimum atomic E-state index is -5.25. The van der Waals surface area contributed by atoms with Gasteiger partial charge in [-0.1, -0.05) is 0 Å². The summed E-state index contributed by atoms with van der Waals surface area (Å²) < 4.78 is 61.1. The maximum atomic E-state index is 12.6. The number of piperidine rings is 1. The Labute approximate surface area is 177 Å². The van der Waals surface area contributed by atoms with Gasteiger partial charge >= 0.3 is 15.5 Å². The zero-order valence-corrected chi connectivity index (χ0v) is 19.1. The second-order valence-electron chi connectivity index (χ2n) is 5.94. The number of rotatable bonds is 4. The highest BCUT2D eigenvalue weighted by molar-refractivity contribution is 14.0. The fourth-order valence-electron chi connectivity index (χ4n) is 2.68. The molecule has 0 spiro atoms. The van der Waals surface area contributed by atoms with E-state index in [1.54, 1.807) is 18.4 Å². The van der Waals surface area contributed by atoms with E-state index < -0.39 is 15.5 Å². The van der Waals surface area contributed by atoms with E-state index in [-0.39, 0.29) is 55.9 Å². The second-order valence-corrected chi connectivity index (χ2v) is 9.15. The van der Waals surface area contributed by atoms with E-state index in [9.17, 15) is 21.6 Å². The first kappa shape index (κ1) is 24.4. The van der Waals surface area contributed by atoms with Gasteiger partial charge in [-0.25, -0.2) is 13.4 Å². The van der Waals surface area contributed by atoms with Gasteiger partial charge in [0.2, 0.25) is 0 Å². The number of halogens is 4. The van der Waals surface area contributed by atoms with Crippen molar-refractivity contribution in [2.75, 3.05) is 20.1 Å². The molecule has 0 atom stereocenters. The van der Waals surface area contributed by atoms with Gasteiger partial charge in [-0.3, -0.25) is 4.99 Å². The third kappa shape index (κ3) is 6.15. The minimum absolute atomic E-state index is 0. The molecule has 1 fully saturated rings. The summed E-state index contributed by atoms with van der Waals surface area (Å²) in [6.07, 6.45) is 0.545. The fourth-order valence-corrected chi connectivity index (χ4v) is 4.54. The molecule has 1 aliphatic rings. The molecule has 0 amide bonds. The summed E-state index contributed by atoms with van der Waals surface area (Å²) in [5.41, 5.74) is -4.31. The number of thiazole rings is 1. The molecule has 27 heavy (non-hydrogen) atoms. The van der Waals surface area contributed by atoms with Crippen LogP contribution in [-0.2, 0) is 16.6 Å². The Morgan fingerprint density at radius 1 is 1.33 bits per heavy atom. The lowest BCUT2D eigenvalue weighted by Crippen LogP contribution is -2.51. The van der Waals surface area contributed by atoms with Gasteiger partial charge in [-0.05, 0) is 26.7 Å². The summed E-state index contributed by atoms with van der Waals surface area (Å²) >= 11 is 1.58. The third-order valence-corrected chi connectivity index (χ3v) is 6.77. The molecule has 0 saturated carbocycles. The van der Waals surface area contributed by atoms with Crippen LogP contribution in [0.15, 0.2) is 4.99 Å². The summed E-state index contributed by atoms with van der Waals surface area (Å²) in [5.74, 6) is 0.521. The Morgan fingerprint density at radius 2 is 1.93 bits per heavy atom. The third-order valence-electron chi connectivity index (χ3n) is 4.07. The van der Waals surface area contributed by atoms with Gasteiger partial charge < -0.3 is 10.6 Å². The van der Waals surface area contributed by atoms with Gasteiger partial charge in [-0.2, -0.15) is 17.5 Å². The average Bonchev–Trinajstić information content (AvgIpc) is 2.88. The molecule has 13 heteroatoms. The molecular formula is C14H23F3IN5O2S2. The van der Waals surface area contributed by atoms with Crippen molar-refractivity contribution in [1.29, 1.82) is 0 Å². The van der Waals surface area contributed by atoms with Gasteiger partial charge in [0.25, 0.3) is 0 Å². The second kappa shape index (κ2) is 9.69. The van der Waals surface area contributed by atoms with Crippen LogP contribution in [-0.4, -0.2) is 55.4 Å². The van der Waals surface area contributed by atoms with E-state index in [2.05, 4.69) is 20.6 Å². The predicted octanol–water partition coefficient (Wildman–Crippen LogP) is 2.36. The Balaban J connectivity index is 0.00000364. The number of aliphatic imine (C=N–C) groups is 1. The summed E-state index contributed by atoms with van der Waals surface area (Å²) in [4.78, 5) is 9.53. The SMILES string of the molecule is CN=C(NCc1sc(C)nc1C)NC1CCN(S(=O)(=O)C(F)(F)F)CC1.I. The van der Waals surface area contributed by atoms with Crippen molar-refractivity contribution in [2.24, 2.45) is 4.99 Å². The van der Waals surface area contributed by atoms with Crippen molar-refractivity contribution in [3.05, 3.63) is 15.6 Å². The van der Waals surface area contributed by atoms with E-state index in [1.165, 1.54) is 0 Å². The molecule has 0 unspecified atom stereocenters. The standard InChI is InChI=1S/C14H22F3N5O2S2.HI/c1-9-12(25-10(2)20-9)8-19-13(18-3)21-11-4-6-22(7-5-11)26(23,24)14(15,16)17;/h11H,4-8H2,1-3H3,(H2,18,19,21);1H. The van der Waals surface area contributed by atoms with Crippen LogP contribution < -0.4 is 10.6 Å². The monoisotopic (exact) mass is 541 g/mol. The van der Waals surface area contributed by atoms with Crippen LogP contribution in [0.4, 0.5) is 13.2 Å². The molecule has 7 nitrogen and oxygen atoms in total. The lowest BCUT2D eigenvalue weighted by atomic mass is 10.1. The van der Waals surface area contributed by atoms with E-state index in [0.717, 1.165) is 15.6 Å². The number of sulfonamides is 1. The van der Waals surface area contributed by atoms with Gasteiger partial charge in [0.05, 0.1) is 17.2 Å². The zero-order chi connectivity index (χ0) is 19.5. The van der Waals surface area contributed by atoms with Crippen molar-refractivity contribution in [3.8, 4) is 0 Å². The van der Waals surface area contributed by atoms with Gasteiger partial charge in [-0.15, -0.1) is 35.3 Å². The van der Waals surface area contributed by atoms with Crippen molar-refractivity contribution in [2.45, 2.75) is 44.8 Å². The smallest absolute Gasteiger partial charge is 0.354 e. The maximum absolute atomic E-state index is 12.6. The number of hydrogen-bond donors (Lipinski definition) is 2. The molecule has 2 N–H and O–H groups in total. The van der Waals surface area contributed by atoms with Crippen LogP contribution in [0.5, 0.6) is 0 Å². The number of nitrogens with zero attached hydrogens (tertiary/aromatic N) is 3. The van der Waals surface area contributed by atoms with Crippen LogP contribution in [0.1, 0.15) is 28.4 Å². The first-order valence-electron chi connectivity index (χ1n) is 8.01. The van der Waals surface area contributed by atoms with E-state index >= 15 is 0 Å². The first-order chi connectivity index (χ1) is 12.0. The van der Waals surface area contributed by atoms with Crippen molar-refractivity contribution >= 4 is 51.3 Å². The average molecular weight is 541 g/mol. The van der Waals surface area contributed by atoms with E-state index in [4.69, 9.17) is 0 Å². The molecule has 156 valence electrons. The highest BCUT2D eigenvalue weighted by atomic mass is 127. The molecule has 1 saturated heterocycles. The van der Waals surface area contributed by atoms with Crippen LogP contribution in [0.3, 0.4) is 0 Å². The fraction of sp³-hybridized carbons (Fsp3) is 0.714. The Bertz CT molecular complexity index is 759. The van der Waals surface area contributed by atoms with E-state index in [0.29, 0.717) is 16.8 Å². The Hall–Kier alpha value is -0.670. The largest absolute Gasteiger partial charge is 0.511 e. The summed E-state index contributed by atoms with van der Waals surface area (Å²) in [7, 11) is -3.65. The van der Waals surface area contributed by atoms with Crippen LogP contribution in [0, 0.1) is 13.8 Å².